The highest BCUT2D eigenvalue weighted by Crippen LogP contribution is 2.29. The van der Waals surface area contributed by atoms with Gasteiger partial charge in [0, 0.05) is 19.8 Å². The first kappa shape index (κ1) is 14.2. The van der Waals surface area contributed by atoms with Crippen LogP contribution in [0.4, 0.5) is 11.4 Å². The number of nitrogens with one attached hydrogen (secondary N) is 1. The van der Waals surface area contributed by atoms with Crippen LogP contribution in [0.5, 0.6) is 5.75 Å². The van der Waals surface area contributed by atoms with Crippen LogP contribution in [0.15, 0.2) is 30.6 Å². The molecule has 0 aliphatic carbocycles. The summed E-state index contributed by atoms with van der Waals surface area (Å²) in [6.07, 6.45) is 5.78. The van der Waals surface area contributed by atoms with Gasteiger partial charge in [-0.05, 0) is 30.5 Å². The SMILES string of the molecule is CCCOc1cccc(NCCc2cnn(C)c2)c1N. The molecule has 3 N–H and O–H groups in total. The van der Waals surface area contributed by atoms with Gasteiger partial charge in [-0.3, -0.25) is 4.68 Å². The number of rotatable bonds is 7. The molecule has 0 saturated carbocycles. The van der Waals surface area contributed by atoms with Gasteiger partial charge in [-0.2, -0.15) is 5.10 Å². The minimum atomic E-state index is 0.673. The molecule has 0 aliphatic rings. The molecule has 1 aromatic heterocycles. The third-order valence-electron chi connectivity index (χ3n) is 3.02. The van der Waals surface area contributed by atoms with Crippen LogP contribution in [0.2, 0.25) is 0 Å². The summed E-state index contributed by atoms with van der Waals surface area (Å²) < 4.78 is 7.42. The molecule has 2 aromatic rings. The molecule has 0 spiro atoms. The highest BCUT2D eigenvalue weighted by atomic mass is 16.5. The zero-order valence-corrected chi connectivity index (χ0v) is 12.1. The van der Waals surface area contributed by atoms with Crippen LogP contribution < -0.4 is 15.8 Å². The number of hydrogen-bond acceptors (Lipinski definition) is 4. The van der Waals surface area contributed by atoms with Crippen LogP contribution in [0, 0.1) is 0 Å². The molecule has 5 nitrogen and oxygen atoms in total. The number of aryl methyl sites for hydroxylation is 1. The topological polar surface area (TPSA) is 65.1 Å². The van der Waals surface area contributed by atoms with Gasteiger partial charge in [0.25, 0.3) is 0 Å². The fraction of sp³-hybridized carbons (Fsp3) is 0.400. The summed E-state index contributed by atoms with van der Waals surface area (Å²) in [5.41, 5.74) is 8.90. The lowest BCUT2D eigenvalue weighted by molar-refractivity contribution is 0.319. The van der Waals surface area contributed by atoms with Crippen molar-refractivity contribution in [2.45, 2.75) is 19.8 Å². The number of nitrogens with zero attached hydrogens (tertiary/aromatic N) is 2. The minimum Gasteiger partial charge on any atom is -0.491 e. The summed E-state index contributed by atoms with van der Waals surface area (Å²) in [5.74, 6) is 0.748. The van der Waals surface area contributed by atoms with Gasteiger partial charge in [0.15, 0.2) is 0 Å². The van der Waals surface area contributed by atoms with E-state index in [1.807, 2.05) is 42.3 Å². The maximum Gasteiger partial charge on any atom is 0.144 e. The zero-order chi connectivity index (χ0) is 14.4. The smallest absolute Gasteiger partial charge is 0.144 e. The van der Waals surface area contributed by atoms with Gasteiger partial charge < -0.3 is 15.8 Å². The van der Waals surface area contributed by atoms with Crippen molar-refractivity contribution < 1.29 is 4.74 Å². The van der Waals surface area contributed by atoms with Crippen LogP contribution in [-0.4, -0.2) is 22.9 Å². The van der Waals surface area contributed by atoms with E-state index in [0.717, 1.165) is 30.8 Å². The third kappa shape index (κ3) is 3.66. The Morgan fingerprint density at radius 1 is 1.40 bits per heavy atom. The van der Waals surface area contributed by atoms with Gasteiger partial charge in [-0.15, -0.1) is 0 Å². The Bertz CT molecular complexity index is 551. The first-order valence-corrected chi connectivity index (χ1v) is 6.93. The van der Waals surface area contributed by atoms with E-state index < -0.39 is 0 Å². The molecule has 5 heteroatoms. The molecule has 20 heavy (non-hydrogen) atoms. The number of nitrogen functional groups attached to an aromatic ring is 1. The maximum absolute atomic E-state index is 6.10. The molecular formula is C15H22N4O. The van der Waals surface area contributed by atoms with Crippen molar-refractivity contribution in [2.24, 2.45) is 7.05 Å². The van der Waals surface area contributed by atoms with E-state index in [0.29, 0.717) is 12.3 Å². The molecule has 0 atom stereocenters. The predicted octanol–water partition coefficient (Wildman–Crippen LogP) is 2.45. The van der Waals surface area contributed by atoms with E-state index in [-0.39, 0.29) is 0 Å². The third-order valence-corrected chi connectivity index (χ3v) is 3.02. The lowest BCUT2D eigenvalue weighted by Gasteiger charge is -2.13. The Kier molecular flexibility index (Phi) is 4.87. The molecule has 0 fully saturated rings. The highest BCUT2D eigenvalue weighted by molar-refractivity contribution is 5.72. The van der Waals surface area contributed by atoms with Crippen molar-refractivity contribution in [3.63, 3.8) is 0 Å². The first-order valence-electron chi connectivity index (χ1n) is 6.93. The Morgan fingerprint density at radius 2 is 2.25 bits per heavy atom. The number of hydrogen-bond donors (Lipinski definition) is 2. The lowest BCUT2D eigenvalue weighted by Crippen LogP contribution is -2.08. The normalized spacial score (nSPS) is 10.5. The van der Waals surface area contributed by atoms with Crippen LogP contribution in [0.25, 0.3) is 0 Å². The van der Waals surface area contributed by atoms with Crippen molar-refractivity contribution in [1.29, 1.82) is 0 Å². The summed E-state index contributed by atoms with van der Waals surface area (Å²) in [7, 11) is 1.92. The molecule has 0 radical (unpaired) electrons. The Hall–Kier alpha value is -2.17. The van der Waals surface area contributed by atoms with Crippen molar-refractivity contribution >= 4 is 11.4 Å². The van der Waals surface area contributed by atoms with Crippen LogP contribution in [0.1, 0.15) is 18.9 Å². The molecule has 1 aromatic carbocycles. The van der Waals surface area contributed by atoms with Crippen LogP contribution in [-0.2, 0) is 13.5 Å². The number of ether oxygens (including phenoxy) is 1. The van der Waals surface area contributed by atoms with E-state index in [1.165, 1.54) is 5.56 Å². The van der Waals surface area contributed by atoms with Crippen LogP contribution >= 0.6 is 0 Å². The summed E-state index contributed by atoms with van der Waals surface area (Å²) in [5, 5.41) is 7.50. The van der Waals surface area contributed by atoms with Crippen molar-refractivity contribution in [1.82, 2.24) is 9.78 Å². The quantitative estimate of drug-likeness (QED) is 0.761. The lowest BCUT2D eigenvalue weighted by atomic mass is 10.2. The summed E-state index contributed by atoms with van der Waals surface area (Å²) in [6.45, 7) is 3.57. The molecule has 1 heterocycles. The van der Waals surface area contributed by atoms with E-state index in [1.54, 1.807) is 0 Å². The van der Waals surface area contributed by atoms with Gasteiger partial charge in [-0.1, -0.05) is 13.0 Å². The number of benzene rings is 1. The Labute approximate surface area is 119 Å². The molecular weight excluding hydrogens is 252 g/mol. The van der Waals surface area contributed by atoms with E-state index in [4.69, 9.17) is 10.5 Å². The second-order valence-electron chi connectivity index (χ2n) is 4.76. The van der Waals surface area contributed by atoms with Crippen molar-refractivity contribution in [3.8, 4) is 5.75 Å². The summed E-state index contributed by atoms with van der Waals surface area (Å²) in [4.78, 5) is 0. The van der Waals surface area contributed by atoms with Crippen molar-refractivity contribution in [3.05, 3.63) is 36.2 Å². The predicted molar refractivity (Wildman–Crippen MR) is 82.0 cm³/mol. The molecule has 108 valence electrons. The highest BCUT2D eigenvalue weighted by Gasteiger charge is 2.05. The molecule has 2 rings (SSSR count). The fourth-order valence-electron chi connectivity index (χ4n) is 1.98. The fourth-order valence-corrected chi connectivity index (χ4v) is 1.98. The second-order valence-corrected chi connectivity index (χ2v) is 4.76. The largest absolute Gasteiger partial charge is 0.491 e. The molecule has 0 aliphatic heterocycles. The Balaban J connectivity index is 1.92. The Morgan fingerprint density at radius 3 is 2.95 bits per heavy atom. The number of anilines is 2. The second kappa shape index (κ2) is 6.84. The standard InChI is InChI=1S/C15H22N4O/c1-3-9-20-14-6-4-5-13(15(14)16)17-8-7-12-10-18-19(2)11-12/h4-6,10-11,17H,3,7-9,16H2,1-2H3. The number of aromatic nitrogens is 2. The minimum absolute atomic E-state index is 0.673. The average molecular weight is 274 g/mol. The monoisotopic (exact) mass is 274 g/mol. The van der Waals surface area contributed by atoms with E-state index >= 15 is 0 Å². The van der Waals surface area contributed by atoms with Crippen LogP contribution in [0.3, 0.4) is 0 Å². The van der Waals surface area contributed by atoms with Gasteiger partial charge in [0.2, 0.25) is 0 Å². The van der Waals surface area contributed by atoms with Crippen molar-refractivity contribution in [2.75, 3.05) is 24.2 Å². The molecule has 0 bridgehead atoms. The first-order chi connectivity index (χ1) is 9.70. The van der Waals surface area contributed by atoms with Gasteiger partial charge in [0.1, 0.15) is 5.75 Å². The maximum atomic E-state index is 6.10. The number of para-hydroxylation sites is 1. The van der Waals surface area contributed by atoms with Gasteiger partial charge in [0.05, 0.1) is 24.2 Å². The summed E-state index contributed by atoms with van der Waals surface area (Å²) >= 11 is 0. The van der Waals surface area contributed by atoms with Gasteiger partial charge in [-0.25, -0.2) is 0 Å². The van der Waals surface area contributed by atoms with Gasteiger partial charge >= 0.3 is 0 Å². The van der Waals surface area contributed by atoms with E-state index in [2.05, 4.69) is 17.3 Å². The number of nitrogens with two attached hydrogens (primary N) is 1. The molecule has 0 unspecified atom stereocenters. The van der Waals surface area contributed by atoms with E-state index in [9.17, 15) is 0 Å². The molecule has 0 saturated heterocycles. The molecule has 0 amide bonds. The zero-order valence-electron chi connectivity index (χ0n) is 12.1. The summed E-state index contributed by atoms with van der Waals surface area (Å²) in [6, 6.07) is 5.82. The average Bonchev–Trinajstić information content (AvgIpc) is 2.85.